The van der Waals surface area contributed by atoms with E-state index in [-0.39, 0.29) is 13.2 Å². The highest BCUT2D eigenvalue weighted by atomic mass is 32.1. The molecular weight excluding hydrogens is 248 g/mol. The third-order valence-corrected chi connectivity index (χ3v) is 3.47. The van der Waals surface area contributed by atoms with Crippen molar-refractivity contribution < 1.29 is 10.2 Å². The van der Waals surface area contributed by atoms with Crippen molar-refractivity contribution in [3.05, 3.63) is 35.7 Å². The summed E-state index contributed by atoms with van der Waals surface area (Å²) in [6, 6.07) is 9.96. The Morgan fingerprint density at radius 2 is 1.72 bits per heavy atom. The van der Waals surface area contributed by atoms with Gasteiger partial charge < -0.3 is 15.1 Å². The van der Waals surface area contributed by atoms with Crippen LogP contribution in [0.3, 0.4) is 0 Å². The van der Waals surface area contributed by atoms with Crippen LogP contribution >= 0.6 is 11.3 Å². The summed E-state index contributed by atoms with van der Waals surface area (Å²) in [6.45, 7) is 1.09. The van der Waals surface area contributed by atoms with E-state index >= 15 is 0 Å². The molecular formula is C13H16N2O2S. The lowest BCUT2D eigenvalue weighted by Gasteiger charge is -2.18. The zero-order chi connectivity index (χ0) is 12.8. The number of aliphatic hydroxyl groups is 2. The van der Waals surface area contributed by atoms with E-state index in [1.54, 1.807) is 0 Å². The maximum absolute atomic E-state index is 9.00. The molecule has 0 saturated carbocycles. The van der Waals surface area contributed by atoms with E-state index in [0.29, 0.717) is 13.1 Å². The Morgan fingerprint density at radius 3 is 2.33 bits per heavy atom. The van der Waals surface area contributed by atoms with Crippen molar-refractivity contribution in [3.63, 3.8) is 0 Å². The predicted octanol–water partition coefficient (Wildman–Crippen LogP) is 1.60. The molecule has 0 spiro atoms. The molecule has 4 nitrogen and oxygen atoms in total. The van der Waals surface area contributed by atoms with Gasteiger partial charge in [-0.25, -0.2) is 4.98 Å². The fourth-order valence-electron chi connectivity index (χ4n) is 1.70. The molecule has 1 aromatic carbocycles. The van der Waals surface area contributed by atoms with Crippen molar-refractivity contribution in [1.82, 2.24) is 4.98 Å². The average Bonchev–Trinajstić information content (AvgIpc) is 2.89. The van der Waals surface area contributed by atoms with Gasteiger partial charge in [0.25, 0.3) is 0 Å². The van der Waals surface area contributed by atoms with Crippen LogP contribution in [-0.4, -0.2) is 41.5 Å². The maximum Gasteiger partial charge on any atom is 0.186 e. The van der Waals surface area contributed by atoms with E-state index in [1.165, 1.54) is 11.3 Å². The van der Waals surface area contributed by atoms with Gasteiger partial charge in [-0.3, -0.25) is 0 Å². The Kier molecular flexibility index (Phi) is 4.69. The average molecular weight is 264 g/mol. The first-order valence-corrected chi connectivity index (χ1v) is 6.70. The highest BCUT2D eigenvalue weighted by Gasteiger charge is 2.10. The molecule has 0 atom stereocenters. The van der Waals surface area contributed by atoms with Gasteiger partial charge in [0, 0.05) is 24.0 Å². The number of aliphatic hydroxyl groups excluding tert-OH is 2. The topological polar surface area (TPSA) is 56.6 Å². The summed E-state index contributed by atoms with van der Waals surface area (Å²) in [7, 11) is 0. The fraction of sp³-hybridized carbons (Fsp3) is 0.308. The van der Waals surface area contributed by atoms with E-state index in [9.17, 15) is 0 Å². The first kappa shape index (κ1) is 13.0. The van der Waals surface area contributed by atoms with Gasteiger partial charge in [0.1, 0.15) is 0 Å². The fourth-order valence-corrected chi connectivity index (χ4v) is 2.58. The zero-order valence-electron chi connectivity index (χ0n) is 9.99. The van der Waals surface area contributed by atoms with Gasteiger partial charge in [0.15, 0.2) is 5.13 Å². The monoisotopic (exact) mass is 264 g/mol. The molecule has 2 N–H and O–H groups in total. The van der Waals surface area contributed by atoms with E-state index in [4.69, 9.17) is 10.2 Å². The summed E-state index contributed by atoms with van der Waals surface area (Å²) in [6.07, 6.45) is 0. The Morgan fingerprint density at radius 1 is 1.06 bits per heavy atom. The van der Waals surface area contributed by atoms with Crippen molar-refractivity contribution >= 4 is 16.5 Å². The molecule has 1 aromatic heterocycles. The summed E-state index contributed by atoms with van der Waals surface area (Å²) in [5, 5.41) is 20.8. The van der Waals surface area contributed by atoms with Crippen LogP contribution in [0, 0.1) is 0 Å². The SMILES string of the molecule is OCCN(CCO)c1nc(-c2ccccc2)cs1. The molecule has 2 aromatic rings. The number of hydrogen-bond acceptors (Lipinski definition) is 5. The van der Waals surface area contributed by atoms with Crippen molar-refractivity contribution in [1.29, 1.82) is 0 Å². The maximum atomic E-state index is 9.00. The molecule has 0 aliphatic rings. The molecule has 0 amide bonds. The first-order valence-electron chi connectivity index (χ1n) is 5.82. The van der Waals surface area contributed by atoms with Crippen LogP contribution in [0.1, 0.15) is 0 Å². The number of benzene rings is 1. The lowest BCUT2D eigenvalue weighted by atomic mass is 10.2. The third-order valence-electron chi connectivity index (χ3n) is 2.57. The largest absolute Gasteiger partial charge is 0.395 e. The van der Waals surface area contributed by atoms with Crippen molar-refractivity contribution in [2.45, 2.75) is 0 Å². The van der Waals surface area contributed by atoms with E-state index < -0.39 is 0 Å². The Bertz CT molecular complexity index is 467. The lowest BCUT2D eigenvalue weighted by molar-refractivity contribution is 0.281. The van der Waals surface area contributed by atoms with Crippen molar-refractivity contribution in [3.8, 4) is 11.3 Å². The molecule has 0 fully saturated rings. The Balaban J connectivity index is 2.18. The van der Waals surface area contributed by atoms with E-state index in [0.717, 1.165) is 16.4 Å². The summed E-state index contributed by atoms with van der Waals surface area (Å²) in [5.41, 5.74) is 2.00. The molecule has 0 unspecified atom stereocenters. The highest BCUT2D eigenvalue weighted by Crippen LogP contribution is 2.26. The molecule has 0 aliphatic heterocycles. The van der Waals surface area contributed by atoms with Crippen molar-refractivity contribution in [2.75, 3.05) is 31.2 Å². The molecule has 0 bridgehead atoms. The van der Waals surface area contributed by atoms with E-state index in [1.807, 2.05) is 40.6 Å². The second-order valence-corrected chi connectivity index (χ2v) is 4.65. The second kappa shape index (κ2) is 6.49. The summed E-state index contributed by atoms with van der Waals surface area (Å²) in [5.74, 6) is 0. The van der Waals surface area contributed by atoms with Crippen LogP contribution in [0.25, 0.3) is 11.3 Å². The third kappa shape index (κ3) is 3.07. The van der Waals surface area contributed by atoms with Gasteiger partial charge in [-0.1, -0.05) is 30.3 Å². The number of nitrogens with zero attached hydrogens (tertiary/aromatic N) is 2. The summed E-state index contributed by atoms with van der Waals surface area (Å²) in [4.78, 5) is 6.43. The summed E-state index contributed by atoms with van der Waals surface area (Å²) >= 11 is 1.52. The molecule has 1 heterocycles. The highest BCUT2D eigenvalue weighted by molar-refractivity contribution is 7.14. The Labute approximate surface area is 110 Å². The molecule has 0 radical (unpaired) electrons. The molecule has 18 heavy (non-hydrogen) atoms. The lowest BCUT2D eigenvalue weighted by Crippen LogP contribution is -2.29. The predicted molar refractivity (Wildman–Crippen MR) is 73.9 cm³/mol. The van der Waals surface area contributed by atoms with Crippen LogP contribution in [0.5, 0.6) is 0 Å². The zero-order valence-corrected chi connectivity index (χ0v) is 10.8. The van der Waals surface area contributed by atoms with Gasteiger partial charge in [-0.15, -0.1) is 11.3 Å². The second-order valence-electron chi connectivity index (χ2n) is 3.82. The van der Waals surface area contributed by atoms with Gasteiger partial charge in [-0.2, -0.15) is 0 Å². The summed E-state index contributed by atoms with van der Waals surface area (Å²) < 4.78 is 0. The quantitative estimate of drug-likeness (QED) is 0.832. The Hall–Kier alpha value is -1.43. The number of thiazole rings is 1. The van der Waals surface area contributed by atoms with Crippen LogP contribution in [-0.2, 0) is 0 Å². The molecule has 0 saturated heterocycles. The standard InChI is InChI=1S/C13H16N2O2S/c16-8-6-15(7-9-17)13-14-12(10-18-13)11-4-2-1-3-5-11/h1-5,10,16-17H,6-9H2. The number of aromatic nitrogens is 1. The van der Waals surface area contributed by atoms with Gasteiger partial charge >= 0.3 is 0 Å². The van der Waals surface area contributed by atoms with Crippen LogP contribution in [0.4, 0.5) is 5.13 Å². The molecule has 0 aliphatic carbocycles. The molecule has 96 valence electrons. The van der Waals surface area contributed by atoms with Gasteiger partial charge in [0.05, 0.1) is 18.9 Å². The van der Waals surface area contributed by atoms with E-state index in [2.05, 4.69) is 4.98 Å². The van der Waals surface area contributed by atoms with Gasteiger partial charge in [-0.05, 0) is 0 Å². The number of hydrogen-bond donors (Lipinski definition) is 2. The van der Waals surface area contributed by atoms with Gasteiger partial charge in [0.2, 0.25) is 0 Å². The molecule has 2 rings (SSSR count). The first-order chi connectivity index (χ1) is 8.85. The smallest absolute Gasteiger partial charge is 0.186 e. The normalized spacial score (nSPS) is 10.6. The van der Waals surface area contributed by atoms with Crippen LogP contribution < -0.4 is 4.90 Å². The number of rotatable bonds is 6. The van der Waals surface area contributed by atoms with Crippen LogP contribution in [0.15, 0.2) is 35.7 Å². The van der Waals surface area contributed by atoms with Crippen LogP contribution in [0.2, 0.25) is 0 Å². The minimum absolute atomic E-state index is 0.0558. The number of anilines is 1. The minimum Gasteiger partial charge on any atom is -0.395 e. The minimum atomic E-state index is 0.0558. The molecule has 5 heteroatoms. The van der Waals surface area contributed by atoms with Crippen molar-refractivity contribution in [2.24, 2.45) is 0 Å².